The van der Waals surface area contributed by atoms with Crippen molar-refractivity contribution in [3.8, 4) is 5.75 Å². The number of hydrogen-bond donors (Lipinski definition) is 1. The molecule has 2 saturated heterocycles. The van der Waals surface area contributed by atoms with Crippen molar-refractivity contribution in [2.24, 2.45) is 7.05 Å². The fraction of sp³-hybridized carbons (Fsp3) is 0.500. The highest BCUT2D eigenvalue weighted by Crippen LogP contribution is 2.37. The van der Waals surface area contributed by atoms with Crippen molar-refractivity contribution >= 4 is 28.4 Å². The van der Waals surface area contributed by atoms with Crippen molar-refractivity contribution in [2.45, 2.75) is 31.8 Å². The summed E-state index contributed by atoms with van der Waals surface area (Å²) in [6.45, 7) is 1.86. The molecule has 3 heterocycles. The maximum Gasteiger partial charge on any atom is 0.270 e. The van der Waals surface area contributed by atoms with Gasteiger partial charge in [0.2, 0.25) is 5.91 Å². The quantitative estimate of drug-likeness (QED) is 0.875. The number of carbonyl (C=O) groups is 2. The Bertz CT molecular complexity index is 883. The zero-order valence-corrected chi connectivity index (χ0v) is 15.8. The molecule has 0 radical (unpaired) electrons. The zero-order chi connectivity index (χ0) is 19.0. The lowest BCUT2D eigenvalue weighted by atomic mass is 10.2. The molecule has 2 amide bonds. The number of rotatable bonds is 5. The molecule has 2 aliphatic rings. The van der Waals surface area contributed by atoms with Crippen molar-refractivity contribution in [3.05, 3.63) is 23.9 Å². The zero-order valence-electron chi connectivity index (χ0n) is 15.8. The summed E-state index contributed by atoms with van der Waals surface area (Å²) in [4.78, 5) is 27.3. The lowest BCUT2D eigenvalue weighted by Crippen LogP contribution is -2.34. The van der Waals surface area contributed by atoms with Crippen molar-refractivity contribution < 1.29 is 19.1 Å². The van der Waals surface area contributed by atoms with E-state index in [1.54, 1.807) is 12.0 Å². The molecule has 7 heteroatoms. The summed E-state index contributed by atoms with van der Waals surface area (Å²) < 4.78 is 12.8. The monoisotopic (exact) mass is 371 g/mol. The van der Waals surface area contributed by atoms with Gasteiger partial charge in [0.1, 0.15) is 11.4 Å². The van der Waals surface area contributed by atoms with Gasteiger partial charge in [-0.3, -0.25) is 9.59 Å². The summed E-state index contributed by atoms with van der Waals surface area (Å²) in [5, 5.41) is 3.85. The Kier molecular flexibility index (Phi) is 4.78. The van der Waals surface area contributed by atoms with Gasteiger partial charge < -0.3 is 24.3 Å². The van der Waals surface area contributed by atoms with E-state index >= 15 is 0 Å². The Morgan fingerprint density at radius 3 is 2.89 bits per heavy atom. The SMILES string of the molecule is COc1ccc2c(c1)c(N1CCCC1=O)c(C(=O)NCC1CCCO1)n2C. The van der Waals surface area contributed by atoms with Gasteiger partial charge in [-0.2, -0.15) is 0 Å². The number of fused-ring (bicyclic) bond motifs is 1. The van der Waals surface area contributed by atoms with Crippen LogP contribution in [-0.4, -0.2) is 49.3 Å². The first-order valence-electron chi connectivity index (χ1n) is 9.46. The molecule has 0 saturated carbocycles. The van der Waals surface area contributed by atoms with Crippen LogP contribution in [0.3, 0.4) is 0 Å². The fourth-order valence-corrected chi connectivity index (χ4v) is 4.04. The summed E-state index contributed by atoms with van der Waals surface area (Å²) in [6, 6.07) is 5.69. The smallest absolute Gasteiger partial charge is 0.270 e. The average molecular weight is 371 g/mol. The molecule has 7 nitrogen and oxygen atoms in total. The second-order valence-electron chi connectivity index (χ2n) is 7.13. The maximum absolute atomic E-state index is 13.1. The van der Waals surface area contributed by atoms with E-state index in [4.69, 9.17) is 9.47 Å². The Balaban J connectivity index is 1.76. The van der Waals surface area contributed by atoms with Gasteiger partial charge in [-0.05, 0) is 37.5 Å². The van der Waals surface area contributed by atoms with E-state index < -0.39 is 0 Å². The minimum absolute atomic E-state index is 0.0542. The molecule has 0 bridgehead atoms. The summed E-state index contributed by atoms with van der Waals surface area (Å²) in [7, 11) is 3.47. The van der Waals surface area contributed by atoms with Gasteiger partial charge in [-0.15, -0.1) is 0 Å². The van der Waals surface area contributed by atoms with Gasteiger partial charge in [0.05, 0.1) is 24.4 Å². The van der Waals surface area contributed by atoms with Gasteiger partial charge in [0, 0.05) is 38.6 Å². The molecule has 27 heavy (non-hydrogen) atoms. The van der Waals surface area contributed by atoms with E-state index in [1.807, 2.05) is 29.8 Å². The lowest BCUT2D eigenvalue weighted by molar-refractivity contribution is -0.117. The molecule has 2 aliphatic heterocycles. The van der Waals surface area contributed by atoms with E-state index in [9.17, 15) is 9.59 Å². The predicted molar refractivity (Wildman–Crippen MR) is 102 cm³/mol. The van der Waals surface area contributed by atoms with E-state index in [2.05, 4.69) is 5.32 Å². The number of amides is 2. The van der Waals surface area contributed by atoms with Gasteiger partial charge >= 0.3 is 0 Å². The number of methoxy groups -OCH3 is 1. The summed E-state index contributed by atoms with van der Waals surface area (Å²) in [5.74, 6) is 0.573. The molecule has 1 N–H and O–H groups in total. The van der Waals surface area contributed by atoms with Crippen molar-refractivity contribution in [3.63, 3.8) is 0 Å². The normalized spacial score (nSPS) is 19.9. The molecule has 1 aromatic carbocycles. The van der Waals surface area contributed by atoms with Crippen LogP contribution < -0.4 is 15.0 Å². The van der Waals surface area contributed by atoms with Crippen molar-refractivity contribution in [2.75, 3.05) is 31.7 Å². The van der Waals surface area contributed by atoms with E-state index in [-0.39, 0.29) is 17.9 Å². The van der Waals surface area contributed by atoms with Crippen LogP contribution in [0.25, 0.3) is 10.9 Å². The number of ether oxygens (including phenoxy) is 2. The molecule has 2 aromatic rings. The van der Waals surface area contributed by atoms with E-state index in [0.717, 1.165) is 36.8 Å². The Morgan fingerprint density at radius 1 is 1.37 bits per heavy atom. The molecule has 4 rings (SSSR count). The highest BCUT2D eigenvalue weighted by Gasteiger charge is 2.31. The molecule has 1 unspecified atom stereocenters. The molecular weight excluding hydrogens is 346 g/mol. The van der Waals surface area contributed by atoms with Gasteiger partial charge in [-0.25, -0.2) is 0 Å². The van der Waals surface area contributed by atoms with Crippen LogP contribution in [0.4, 0.5) is 5.69 Å². The second kappa shape index (κ2) is 7.23. The fourth-order valence-electron chi connectivity index (χ4n) is 4.04. The van der Waals surface area contributed by atoms with Crippen LogP contribution in [0.1, 0.15) is 36.2 Å². The van der Waals surface area contributed by atoms with Crippen LogP contribution in [0, 0.1) is 0 Å². The van der Waals surface area contributed by atoms with Crippen molar-refractivity contribution in [1.82, 2.24) is 9.88 Å². The van der Waals surface area contributed by atoms with Gasteiger partial charge in [0.25, 0.3) is 5.91 Å². The molecule has 1 atom stereocenters. The number of anilines is 1. The van der Waals surface area contributed by atoms with E-state index in [1.165, 1.54) is 0 Å². The largest absolute Gasteiger partial charge is 0.497 e. The number of nitrogens with one attached hydrogen (secondary N) is 1. The lowest BCUT2D eigenvalue weighted by Gasteiger charge is -2.18. The Hall–Kier alpha value is -2.54. The van der Waals surface area contributed by atoms with E-state index in [0.29, 0.717) is 36.6 Å². The average Bonchev–Trinajstić information content (AvgIpc) is 3.39. The number of benzene rings is 1. The second-order valence-corrected chi connectivity index (χ2v) is 7.13. The minimum Gasteiger partial charge on any atom is -0.497 e. The third-order valence-corrected chi connectivity index (χ3v) is 5.45. The third-order valence-electron chi connectivity index (χ3n) is 5.45. The molecule has 2 fully saturated rings. The topological polar surface area (TPSA) is 72.8 Å². The maximum atomic E-state index is 13.1. The number of carbonyl (C=O) groups excluding carboxylic acids is 2. The molecule has 144 valence electrons. The highest BCUT2D eigenvalue weighted by molar-refractivity contribution is 6.14. The molecular formula is C20H25N3O4. The number of aryl methyl sites for hydroxylation is 1. The van der Waals surface area contributed by atoms with Gasteiger partial charge in [-0.1, -0.05) is 0 Å². The summed E-state index contributed by atoms with van der Waals surface area (Å²) in [6.07, 6.45) is 3.38. The molecule has 0 aliphatic carbocycles. The van der Waals surface area contributed by atoms with Crippen LogP contribution >= 0.6 is 0 Å². The number of nitrogens with zero attached hydrogens (tertiary/aromatic N) is 2. The number of hydrogen-bond acceptors (Lipinski definition) is 4. The van der Waals surface area contributed by atoms with Crippen molar-refractivity contribution in [1.29, 1.82) is 0 Å². The third kappa shape index (κ3) is 3.16. The first-order valence-corrected chi connectivity index (χ1v) is 9.46. The van der Waals surface area contributed by atoms with Crippen LogP contribution in [0.2, 0.25) is 0 Å². The highest BCUT2D eigenvalue weighted by atomic mass is 16.5. The molecule has 0 spiro atoms. The standard InChI is InChI=1S/C20H25N3O4/c1-22-16-8-7-13(26-2)11-15(16)18(23-9-3-6-17(23)24)19(22)20(25)21-12-14-5-4-10-27-14/h7-8,11,14H,3-6,9-10,12H2,1-2H3,(H,21,25). The minimum atomic E-state index is -0.183. The first kappa shape index (κ1) is 17.9. The summed E-state index contributed by atoms with van der Waals surface area (Å²) >= 11 is 0. The first-order chi connectivity index (χ1) is 13.1. The van der Waals surface area contributed by atoms with Crippen LogP contribution in [0.5, 0.6) is 5.75 Å². The predicted octanol–water partition coefficient (Wildman–Crippen LogP) is 2.22. The number of aromatic nitrogens is 1. The summed E-state index contributed by atoms with van der Waals surface area (Å²) in [5.41, 5.74) is 2.08. The van der Waals surface area contributed by atoms with Gasteiger partial charge in [0.15, 0.2) is 0 Å². The Morgan fingerprint density at radius 2 is 2.22 bits per heavy atom. The van der Waals surface area contributed by atoms with Crippen LogP contribution in [-0.2, 0) is 16.6 Å². The van der Waals surface area contributed by atoms with Crippen LogP contribution in [0.15, 0.2) is 18.2 Å². The molecule has 1 aromatic heterocycles. The Labute approximate surface area is 158 Å².